The molecule has 1 aliphatic carbocycles. The predicted molar refractivity (Wildman–Crippen MR) is 45.1 cm³/mol. The number of halogens is 3. The van der Waals surface area contributed by atoms with Crippen molar-refractivity contribution >= 4 is 37.8 Å². The van der Waals surface area contributed by atoms with E-state index in [-0.39, 0.29) is 12.8 Å². The molecule has 0 heterocycles. The zero-order valence-electron chi connectivity index (χ0n) is 5.44. The number of alkyl halides is 1. The van der Waals surface area contributed by atoms with Gasteiger partial charge in [0, 0.05) is 0 Å². The standard InChI is InChI=1S/C6H5Br2FO2/c7-4(8)3-11-5(10)6(9)1-2-6/h3H,1-2H2. The number of esters is 1. The fraction of sp³-hybridized carbons (Fsp3) is 0.500. The highest BCUT2D eigenvalue weighted by Crippen LogP contribution is 2.40. The molecule has 11 heavy (non-hydrogen) atoms. The van der Waals surface area contributed by atoms with Gasteiger partial charge in [0.25, 0.3) is 0 Å². The zero-order chi connectivity index (χ0) is 8.48. The predicted octanol–water partition coefficient (Wildman–Crippen LogP) is 2.62. The Kier molecular flexibility index (Phi) is 2.70. The van der Waals surface area contributed by atoms with Gasteiger partial charge >= 0.3 is 5.97 Å². The topological polar surface area (TPSA) is 26.3 Å². The van der Waals surface area contributed by atoms with E-state index in [2.05, 4.69) is 36.6 Å². The summed E-state index contributed by atoms with van der Waals surface area (Å²) in [4.78, 5) is 10.7. The summed E-state index contributed by atoms with van der Waals surface area (Å²) in [5.74, 6) is -0.811. The van der Waals surface area contributed by atoms with Gasteiger partial charge in [0.15, 0.2) is 0 Å². The Morgan fingerprint density at radius 2 is 2.09 bits per heavy atom. The summed E-state index contributed by atoms with van der Waals surface area (Å²) >= 11 is 5.94. The van der Waals surface area contributed by atoms with E-state index in [1.54, 1.807) is 0 Å². The van der Waals surface area contributed by atoms with E-state index >= 15 is 0 Å². The van der Waals surface area contributed by atoms with E-state index in [1.165, 1.54) is 0 Å². The van der Waals surface area contributed by atoms with Crippen LogP contribution < -0.4 is 0 Å². The Bertz CT molecular complexity index is 207. The first-order valence-corrected chi connectivity index (χ1v) is 4.54. The molecule has 1 saturated carbocycles. The lowest BCUT2D eigenvalue weighted by Crippen LogP contribution is -2.17. The molecular weight excluding hydrogens is 283 g/mol. The first-order valence-electron chi connectivity index (χ1n) is 2.96. The van der Waals surface area contributed by atoms with Crippen LogP contribution in [-0.2, 0) is 9.53 Å². The van der Waals surface area contributed by atoms with Crippen LogP contribution in [0.15, 0.2) is 9.65 Å². The molecule has 2 nitrogen and oxygen atoms in total. The molecule has 0 N–H and O–H groups in total. The maximum Gasteiger partial charge on any atom is 0.348 e. The van der Waals surface area contributed by atoms with Crippen molar-refractivity contribution in [3.63, 3.8) is 0 Å². The second-order valence-electron chi connectivity index (χ2n) is 2.28. The van der Waals surface area contributed by atoms with Crippen molar-refractivity contribution < 1.29 is 13.9 Å². The molecule has 0 aromatic heterocycles. The molecule has 0 aromatic carbocycles. The largest absolute Gasteiger partial charge is 0.430 e. The molecule has 62 valence electrons. The minimum absolute atomic E-state index is 0.277. The molecule has 0 amide bonds. The third-order valence-electron chi connectivity index (χ3n) is 1.31. The third kappa shape index (κ3) is 2.56. The van der Waals surface area contributed by atoms with E-state index in [4.69, 9.17) is 0 Å². The zero-order valence-corrected chi connectivity index (χ0v) is 8.61. The summed E-state index contributed by atoms with van der Waals surface area (Å²) in [6.07, 6.45) is 1.67. The monoisotopic (exact) mass is 286 g/mol. The van der Waals surface area contributed by atoms with Crippen LogP contribution >= 0.6 is 31.9 Å². The first kappa shape index (κ1) is 9.19. The van der Waals surface area contributed by atoms with Gasteiger partial charge in [-0.3, -0.25) is 0 Å². The summed E-state index contributed by atoms with van der Waals surface area (Å²) in [6, 6.07) is 0. The Balaban J connectivity index is 2.39. The fourth-order valence-corrected chi connectivity index (χ4v) is 0.704. The van der Waals surface area contributed by atoms with E-state index in [9.17, 15) is 9.18 Å². The van der Waals surface area contributed by atoms with Crippen molar-refractivity contribution in [3.8, 4) is 0 Å². The van der Waals surface area contributed by atoms with E-state index in [0.29, 0.717) is 3.39 Å². The summed E-state index contributed by atoms with van der Waals surface area (Å²) in [5, 5.41) is 0. The number of rotatable bonds is 2. The van der Waals surface area contributed by atoms with Gasteiger partial charge < -0.3 is 4.74 Å². The molecule has 5 heteroatoms. The van der Waals surface area contributed by atoms with Crippen LogP contribution in [0.3, 0.4) is 0 Å². The molecule has 1 aliphatic rings. The second kappa shape index (κ2) is 3.23. The number of hydrogen-bond donors (Lipinski definition) is 0. The van der Waals surface area contributed by atoms with Crippen LogP contribution in [-0.4, -0.2) is 11.6 Å². The smallest absolute Gasteiger partial charge is 0.348 e. The van der Waals surface area contributed by atoms with Gasteiger partial charge in [0.2, 0.25) is 5.67 Å². The number of ether oxygens (including phenoxy) is 1. The van der Waals surface area contributed by atoms with Gasteiger partial charge in [-0.25, -0.2) is 9.18 Å². The molecule has 1 fully saturated rings. The van der Waals surface area contributed by atoms with Gasteiger partial charge in [0.05, 0.1) is 3.39 Å². The maximum absolute atomic E-state index is 12.8. The molecule has 0 unspecified atom stereocenters. The number of carbonyl (C=O) groups excluding carboxylic acids is 1. The van der Waals surface area contributed by atoms with Crippen LogP contribution in [0.5, 0.6) is 0 Å². The third-order valence-corrected chi connectivity index (χ3v) is 1.68. The van der Waals surface area contributed by atoms with Crippen LogP contribution in [0.25, 0.3) is 0 Å². The average molecular weight is 288 g/mol. The van der Waals surface area contributed by atoms with Gasteiger partial charge in [-0.1, -0.05) is 0 Å². The lowest BCUT2D eigenvalue weighted by atomic mass is 10.4. The van der Waals surface area contributed by atoms with Crippen molar-refractivity contribution in [2.45, 2.75) is 18.5 Å². The quantitative estimate of drug-likeness (QED) is 0.576. The fourth-order valence-electron chi connectivity index (χ4n) is 0.518. The van der Waals surface area contributed by atoms with Crippen molar-refractivity contribution in [2.24, 2.45) is 0 Å². The minimum atomic E-state index is -1.70. The van der Waals surface area contributed by atoms with Crippen LogP contribution in [0, 0.1) is 0 Å². The number of carbonyl (C=O) groups is 1. The molecule has 0 atom stereocenters. The molecule has 0 aliphatic heterocycles. The van der Waals surface area contributed by atoms with Crippen LogP contribution in [0.2, 0.25) is 0 Å². The average Bonchev–Trinajstić information content (AvgIpc) is 2.64. The highest BCUT2D eigenvalue weighted by atomic mass is 79.9. The normalized spacial score (nSPS) is 18.8. The molecule has 0 radical (unpaired) electrons. The van der Waals surface area contributed by atoms with E-state index in [1.807, 2.05) is 0 Å². The summed E-state index contributed by atoms with van der Waals surface area (Å²) < 4.78 is 17.7. The SMILES string of the molecule is O=C(OC=C(Br)Br)C1(F)CC1. The molecule has 0 bridgehead atoms. The molecular formula is C6H5Br2FO2. The highest BCUT2D eigenvalue weighted by Gasteiger charge is 2.52. The Labute approximate surface area is 80.0 Å². The van der Waals surface area contributed by atoms with Crippen molar-refractivity contribution in [1.29, 1.82) is 0 Å². The van der Waals surface area contributed by atoms with Gasteiger partial charge in [-0.15, -0.1) is 0 Å². The Hall–Kier alpha value is 0.1000. The van der Waals surface area contributed by atoms with Crippen molar-refractivity contribution in [1.82, 2.24) is 0 Å². The van der Waals surface area contributed by atoms with Crippen LogP contribution in [0.1, 0.15) is 12.8 Å². The van der Waals surface area contributed by atoms with Gasteiger partial charge in [-0.05, 0) is 44.7 Å². The Morgan fingerprint density at radius 1 is 1.55 bits per heavy atom. The minimum Gasteiger partial charge on any atom is -0.430 e. The summed E-state index contributed by atoms with van der Waals surface area (Å²) in [7, 11) is 0. The second-order valence-corrected chi connectivity index (χ2v) is 5.05. The molecule has 0 saturated heterocycles. The van der Waals surface area contributed by atoms with Crippen molar-refractivity contribution in [2.75, 3.05) is 0 Å². The molecule has 1 rings (SSSR count). The molecule has 0 spiro atoms. The number of hydrogen-bond acceptors (Lipinski definition) is 2. The lowest BCUT2D eigenvalue weighted by Gasteiger charge is -2.00. The van der Waals surface area contributed by atoms with Crippen molar-refractivity contribution in [3.05, 3.63) is 9.65 Å². The van der Waals surface area contributed by atoms with E-state index in [0.717, 1.165) is 6.26 Å². The van der Waals surface area contributed by atoms with E-state index < -0.39 is 11.6 Å². The van der Waals surface area contributed by atoms with Gasteiger partial charge in [-0.2, -0.15) is 0 Å². The summed E-state index contributed by atoms with van der Waals surface area (Å²) in [5.41, 5.74) is -1.70. The Morgan fingerprint density at radius 3 is 2.45 bits per heavy atom. The lowest BCUT2D eigenvalue weighted by molar-refractivity contribution is -0.145. The maximum atomic E-state index is 12.8. The van der Waals surface area contributed by atoms with Crippen LogP contribution in [0.4, 0.5) is 4.39 Å². The summed E-state index contributed by atoms with van der Waals surface area (Å²) in [6.45, 7) is 0. The van der Waals surface area contributed by atoms with Gasteiger partial charge in [0.1, 0.15) is 6.26 Å². The first-order chi connectivity index (χ1) is 5.04. The molecule has 0 aromatic rings. The highest BCUT2D eigenvalue weighted by molar-refractivity contribution is 9.28.